The minimum Gasteiger partial charge on any atom is -0.346 e. The third-order valence-corrected chi connectivity index (χ3v) is 4.06. The fourth-order valence-corrected chi connectivity index (χ4v) is 2.25. The lowest BCUT2D eigenvalue weighted by Crippen LogP contribution is -2.47. The molecule has 94 valence electrons. The van der Waals surface area contributed by atoms with Crippen molar-refractivity contribution in [1.82, 2.24) is 5.32 Å². The van der Waals surface area contributed by atoms with Crippen LogP contribution in [0.2, 0.25) is 5.02 Å². The molecule has 2 nitrogen and oxygen atoms in total. The average molecular weight is 339 g/mol. The third-order valence-electron chi connectivity index (χ3n) is 2.67. The van der Waals surface area contributed by atoms with Crippen LogP contribution in [0.25, 0.3) is 0 Å². The molecule has 1 atom stereocenters. The number of alkyl halides is 1. The molecule has 1 rings (SSSR count). The van der Waals surface area contributed by atoms with Crippen LogP contribution in [-0.2, 0) is 0 Å². The maximum atomic E-state index is 12.0. The van der Waals surface area contributed by atoms with Gasteiger partial charge in [-0.2, -0.15) is 0 Å². The molecule has 0 aliphatic heterocycles. The molecule has 1 aromatic carbocycles. The lowest BCUT2D eigenvalue weighted by atomic mass is 10.0. The van der Waals surface area contributed by atoms with E-state index in [2.05, 4.69) is 21.2 Å². The Morgan fingerprint density at radius 3 is 2.65 bits per heavy atom. The second-order valence-corrected chi connectivity index (χ2v) is 5.72. The molecule has 17 heavy (non-hydrogen) atoms. The van der Waals surface area contributed by atoms with Gasteiger partial charge in [-0.05, 0) is 31.5 Å². The van der Waals surface area contributed by atoms with Crippen molar-refractivity contribution in [2.75, 3.05) is 5.88 Å². The summed E-state index contributed by atoms with van der Waals surface area (Å²) in [5, 5.41) is 3.32. The molecule has 1 aromatic rings. The number of benzene rings is 1. The number of carbonyl (C=O) groups is 1. The highest BCUT2D eigenvalue weighted by atomic mass is 79.9. The topological polar surface area (TPSA) is 29.1 Å². The van der Waals surface area contributed by atoms with E-state index in [1.54, 1.807) is 18.2 Å². The summed E-state index contributed by atoms with van der Waals surface area (Å²) in [6, 6.07) is 5.16. The molecule has 0 heterocycles. The van der Waals surface area contributed by atoms with Crippen molar-refractivity contribution in [2.45, 2.75) is 25.8 Å². The summed E-state index contributed by atoms with van der Waals surface area (Å²) in [6.45, 7) is 3.89. The number of hydrogen-bond donors (Lipinski definition) is 1. The molecule has 0 aromatic heterocycles. The van der Waals surface area contributed by atoms with Gasteiger partial charge in [0.15, 0.2) is 0 Å². The molecule has 1 N–H and O–H groups in total. The van der Waals surface area contributed by atoms with E-state index in [4.69, 9.17) is 23.2 Å². The van der Waals surface area contributed by atoms with Crippen LogP contribution in [0.3, 0.4) is 0 Å². The van der Waals surface area contributed by atoms with E-state index >= 15 is 0 Å². The van der Waals surface area contributed by atoms with Crippen LogP contribution < -0.4 is 5.32 Å². The van der Waals surface area contributed by atoms with Crippen molar-refractivity contribution in [2.24, 2.45) is 0 Å². The summed E-state index contributed by atoms with van der Waals surface area (Å²) in [4.78, 5) is 12.0. The lowest BCUT2D eigenvalue weighted by Gasteiger charge is -2.27. The van der Waals surface area contributed by atoms with Crippen molar-refractivity contribution >= 4 is 45.0 Å². The normalized spacial score (nSPS) is 14.2. The summed E-state index contributed by atoms with van der Waals surface area (Å²) in [6.07, 6.45) is 0.760. The van der Waals surface area contributed by atoms with E-state index in [0.29, 0.717) is 16.5 Å². The zero-order valence-electron chi connectivity index (χ0n) is 9.69. The summed E-state index contributed by atoms with van der Waals surface area (Å²) in [5.41, 5.74) is 0.0503. The van der Waals surface area contributed by atoms with Gasteiger partial charge < -0.3 is 5.32 Å². The maximum Gasteiger partial charge on any atom is 0.253 e. The van der Waals surface area contributed by atoms with E-state index in [1.807, 2.05) is 13.8 Å². The molecule has 0 fully saturated rings. The summed E-state index contributed by atoms with van der Waals surface area (Å²) in [5.74, 6) is 0.163. The molecule has 0 saturated heterocycles. The number of nitrogens with one attached hydrogen (secondary N) is 1. The first-order chi connectivity index (χ1) is 7.91. The monoisotopic (exact) mass is 337 g/mol. The van der Waals surface area contributed by atoms with Gasteiger partial charge in [0.05, 0.1) is 16.1 Å². The second-order valence-electron chi connectivity index (χ2n) is 4.13. The van der Waals surface area contributed by atoms with Gasteiger partial charge in [-0.3, -0.25) is 4.79 Å². The SMILES string of the molecule is CCC(C)(CCl)NC(=O)c1ccc(Br)cc1Cl. The van der Waals surface area contributed by atoms with Crippen molar-refractivity contribution in [3.05, 3.63) is 33.3 Å². The van der Waals surface area contributed by atoms with Gasteiger partial charge in [0.25, 0.3) is 5.91 Å². The minimum atomic E-state index is -0.408. The van der Waals surface area contributed by atoms with E-state index in [-0.39, 0.29) is 5.91 Å². The minimum absolute atomic E-state index is 0.201. The Morgan fingerprint density at radius 2 is 2.18 bits per heavy atom. The zero-order chi connectivity index (χ0) is 13.1. The number of halogens is 3. The molecule has 5 heteroatoms. The van der Waals surface area contributed by atoms with Crippen LogP contribution in [0, 0.1) is 0 Å². The van der Waals surface area contributed by atoms with Gasteiger partial charge in [0.1, 0.15) is 0 Å². The number of hydrogen-bond acceptors (Lipinski definition) is 1. The second kappa shape index (κ2) is 6.07. The van der Waals surface area contributed by atoms with Crippen LogP contribution >= 0.6 is 39.1 Å². The maximum absolute atomic E-state index is 12.0. The van der Waals surface area contributed by atoms with E-state index in [9.17, 15) is 4.79 Å². The van der Waals surface area contributed by atoms with Crippen molar-refractivity contribution in [3.8, 4) is 0 Å². The molecule has 0 bridgehead atoms. The smallest absolute Gasteiger partial charge is 0.253 e. The van der Waals surface area contributed by atoms with Crippen molar-refractivity contribution < 1.29 is 4.79 Å². The number of amides is 1. The lowest BCUT2D eigenvalue weighted by molar-refractivity contribution is 0.0912. The molecule has 0 aliphatic rings. The fraction of sp³-hybridized carbons (Fsp3) is 0.417. The molecular formula is C12H14BrCl2NO. The molecular weight excluding hydrogens is 325 g/mol. The van der Waals surface area contributed by atoms with Crippen LogP contribution in [0.1, 0.15) is 30.6 Å². The third kappa shape index (κ3) is 3.87. The first-order valence-electron chi connectivity index (χ1n) is 5.25. The first-order valence-corrected chi connectivity index (χ1v) is 6.96. The predicted molar refractivity (Wildman–Crippen MR) is 76.0 cm³/mol. The molecule has 0 saturated carbocycles. The van der Waals surface area contributed by atoms with E-state index in [1.165, 1.54) is 0 Å². The number of rotatable bonds is 4. The molecule has 1 unspecified atom stereocenters. The highest BCUT2D eigenvalue weighted by molar-refractivity contribution is 9.10. The molecule has 1 amide bonds. The van der Waals surface area contributed by atoms with Crippen molar-refractivity contribution in [3.63, 3.8) is 0 Å². The summed E-state index contributed by atoms with van der Waals surface area (Å²) >= 11 is 15.2. The highest BCUT2D eigenvalue weighted by Crippen LogP contribution is 2.22. The van der Waals surface area contributed by atoms with E-state index < -0.39 is 5.54 Å². The summed E-state index contributed by atoms with van der Waals surface area (Å²) in [7, 11) is 0. The van der Waals surface area contributed by atoms with Gasteiger partial charge in [-0.25, -0.2) is 0 Å². The Kier molecular flexibility index (Phi) is 5.29. The molecule has 0 radical (unpaired) electrons. The fourth-order valence-electron chi connectivity index (χ4n) is 1.23. The Hall–Kier alpha value is -0.250. The number of carbonyl (C=O) groups excluding carboxylic acids is 1. The van der Waals surface area contributed by atoms with Crippen LogP contribution in [0.5, 0.6) is 0 Å². The zero-order valence-corrected chi connectivity index (χ0v) is 12.8. The van der Waals surface area contributed by atoms with Gasteiger partial charge in [-0.1, -0.05) is 34.5 Å². The molecule has 0 spiro atoms. The Bertz CT molecular complexity index is 419. The van der Waals surface area contributed by atoms with Crippen LogP contribution in [0.15, 0.2) is 22.7 Å². The molecule has 0 aliphatic carbocycles. The van der Waals surface area contributed by atoms with Gasteiger partial charge in [-0.15, -0.1) is 11.6 Å². The Balaban J connectivity index is 2.90. The van der Waals surface area contributed by atoms with Gasteiger partial charge in [0.2, 0.25) is 0 Å². The highest BCUT2D eigenvalue weighted by Gasteiger charge is 2.24. The van der Waals surface area contributed by atoms with Crippen LogP contribution in [0.4, 0.5) is 0 Å². The Labute approximate surface area is 120 Å². The van der Waals surface area contributed by atoms with Crippen LogP contribution in [-0.4, -0.2) is 17.3 Å². The first kappa shape index (κ1) is 14.8. The quantitative estimate of drug-likeness (QED) is 0.817. The standard InChI is InChI=1S/C12H14BrCl2NO/c1-3-12(2,7-14)16-11(17)9-5-4-8(13)6-10(9)15/h4-6H,3,7H2,1-2H3,(H,16,17). The van der Waals surface area contributed by atoms with Gasteiger partial charge >= 0.3 is 0 Å². The average Bonchev–Trinajstić information content (AvgIpc) is 2.28. The van der Waals surface area contributed by atoms with E-state index in [0.717, 1.165) is 10.9 Å². The predicted octanol–water partition coefficient (Wildman–Crippen LogP) is 4.24. The summed E-state index contributed by atoms with van der Waals surface area (Å²) < 4.78 is 0.842. The largest absolute Gasteiger partial charge is 0.346 e. The van der Waals surface area contributed by atoms with Gasteiger partial charge in [0, 0.05) is 10.4 Å². The van der Waals surface area contributed by atoms with Crippen molar-refractivity contribution in [1.29, 1.82) is 0 Å². The Morgan fingerprint density at radius 1 is 1.53 bits per heavy atom.